The second-order valence-electron chi connectivity index (χ2n) is 10.1. The third kappa shape index (κ3) is 8.01. The van der Waals surface area contributed by atoms with E-state index in [2.05, 4.69) is 29.2 Å². The first-order chi connectivity index (χ1) is 18.6. The molecule has 39 heavy (non-hydrogen) atoms. The molecule has 3 aromatic rings. The normalized spacial score (nSPS) is 12.6. The van der Waals surface area contributed by atoms with Crippen LogP contribution in [0.5, 0.6) is 0 Å². The highest BCUT2D eigenvalue weighted by Gasteiger charge is 2.35. The first-order valence-corrected chi connectivity index (χ1v) is 13.5. The van der Waals surface area contributed by atoms with E-state index in [1.54, 1.807) is 45.0 Å². The van der Waals surface area contributed by atoms with Crippen LogP contribution in [0, 0.1) is 12.3 Å². The maximum atomic E-state index is 13.9. The summed E-state index contributed by atoms with van der Waals surface area (Å²) >= 11 is 4.31. The van der Waals surface area contributed by atoms with Gasteiger partial charge in [-0.1, -0.05) is 55.3 Å². The Labute approximate surface area is 235 Å². The summed E-state index contributed by atoms with van der Waals surface area (Å²) in [6, 6.07) is 18.4. The minimum Gasteiger partial charge on any atom is -0.444 e. The van der Waals surface area contributed by atoms with Crippen LogP contribution in [0.15, 0.2) is 66.7 Å². The Morgan fingerprint density at radius 3 is 2.28 bits per heavy atom. The number of rotatable bonds is 9. The number of thiol groups is 1. The van der Waals surface area contributed by atoms with E-state index in [1.807, 2.05) is 49.4 Å². The second-order valence-corrected chi connectivity index (χ2v) is 10.5. The summed E-state index contributed by atoms with van der Waals surface area (Å²) in [6.45, 7) is 7.39. The molecule has 2 atom stereocenters. The van der Waals surface area contributed by atoms with Gasteiger partial charge in [-0.25, -0.2) is 4.79 Å². The van der Waals surface area contributed by atoms with Crippen molar-refractivity contribution < 1.29 is 19.1 Å². The van der Waals surface area contributed by atoms with Crippen LogP contribution in [-0.4, -0.2) is 46.7 Å². The number of carbonyl (C=O) groups is 3. The highest BCUT2D eigenvalue weighted by Crippen LogP contribution is 2.26. The van der Waals surface area contributed by atoms with Crippen molar-refractivity contribution in [1.29, 1.82) is 0 Å². The maximum absolute atomic E-state index is 13.9. The quantitative estimate of drug-likeness (QED) is 0.243. The van der Waals surface area contributed by atoms with Crippen molar-refractivity contribution in [2.75, 3.05) is 17.6 Å². The molecule has 0 spiro atoms. The first kappa shape index (κ1) is 29.6. The van der Waals surface area contributed by atoms with Crippen LogP contribution in [-0.2, 0) is 14.3 Å². The lowest BCUT2D eigenvalue weighted by molar-refractivity contribution is -0.140. The SMILES string of the molecule is C#Cc1ccc(C(C(=O)Nc2ccc3ccccc3c2)N(CCC)C(=O)C(CS)NC(=O)OC(C)(C)C)cc1. The predicted molar refractivity (Wildman–Crippen MR) is 159 cm³/mol. The monoisotopic (exact) mass is 545 g/mol. The molecule has 0 saturated carbocycles. The number of fused-ring (bicyclic) bond motifs is 1. The molecule has 7 nitrogen and oxygen atoms in total. The molecule has 0 heterocycles. The lowest BCUT2D eigenvalue weighted by atomic mass is 10.0. The van der Waals surface area contributed by atoms with Crippen molar-refractivity contribution >= 4 is 47.0 Å². The molecule has 2 N–H and O–H groups in total. The number of terminal acetylenes is 1. The van der Waals surface area contributed by atoms with Crippen molar-refractivity contribution in [3.05, 3.63) is 77.9 Å². The van der Waals surface area contributed by atoms with E-state index in [0.29, 0.717) is 23.2 Å². The summed E-state index contributed by atoms with van der Waals surface area (Å²) in [5.41, 5.74) is 1.11. The summed E-state index contributed by atoms with van der Waals surface area (Å²) in [4.78, 5) is 41.6. The Morgan fingerprint density at radius 1 is 1.03 bits per heavy atom. The fraction of sp³-hybridized carbons (Fsp3) is 0.323. The van der Waals surface area contributed by atoms with Gasteiger partial charge in [0.15, 0.2) is 0 Å². The fourth-order valence-electron chi connectivity index (χ4n) is 4.16. The van der Waals surface area contributed by atoms with Gasteiger partial charge in [0, 0.05) is 23.5 Å². The van der Waals surface area contributed by atoms with Crippen LogP contribution >= 0.6 is 12.6 Å². The topological polar surface area (TPSA) is 87.7 Å². The summed E-state index contributed by atoms with van der Waals surface area (Å²) in [5.74, 6) is 1.75. The minimum absolute atomic E-state index is 0.0212. The molecular formula is C31H35N3O4S. The van der Waals surface area contributed by atoms with E-state index in [-0.39, 0.29) is 12.3 Å². The summed E-state index contributed by atoms with van der Waals surface area (Å²) in [5, 5.41) is 7.61. The molecule has 8 heteroatoms. The van der Waals surface area contributed by atoms with Crippen LogP contribution in [0.25, 0.3) is 10.8 Å². The van der Waals surface area contributed by atoms with Gasteiger partial charge in [0.1, 0.15) is 17.7 Å². The van der Waals surface area contributed by atoms with E-state index in [1.165, 1.54) is 4.90 Å². The van der Waals surface area contributed by atoms with Gasteiger partial charge in [0.05, 0.1) is 0 Å². The number of amides is 3. The van der Waals surface area contributed by atoms with Crippen molar-refractivity contribution in [1.82, 2.24) is 10.2 Å². The zero-order valence-electron chi connectivity index (χ0n) is 22.7. The van der Waals surface area contributed by atoms with Gasteiger partial charge in [0.2, 0.25) is 5.91 Å². The Kier molecular flexibility index (Phi) is 10.0. The van der Waals surface area contributed by atoms with Gasteiger partial charge in [-0.2, -0.15) is 12.6 Å². The summed E-state index contributed by atoms with van der Waals surface area (Å²) < 4.78 is 5.34. The zero-order chi connectivity index (χ0) is 28.6. The molecule has 0 aromatic heterocycles. The third-order valence-corrected chi connectivity index (χ3v) is 6.25. The van der Waals surface area contributed by atoms with E-state index >= 15 is 0 Å². The van der Waals surface area contributed by atoms with Gasteiger partial charge >= 0.3 is 6.09 Å². The molecule has 3 aromatic carbocycles. The number of hydrogen-bond donors (Lipinski definition) is 3. The van der Waals surface area contributed by atoms with Crippen LogP contribution in [0.2, 0.25) is 0 Å². The first-order valence-electron chi connectivity index (χ1n) is 12.8. The lowest BCUT2D eigenvalue weighted by Gasteiger charge is -2.34. The molecule has 0 aliphatic rings. The largest absolute Gasteiger partial charge is 0.444 e. The van der Waals surface area contributed by atoms with E-state index in [4.69, 9.17) is 11.2 Å². The summed E-state index contributed by atoms with van der Waals surface area (Å²) in [7, 11) is 0. The molecule has 0 aliphatic carbocycles. The number of ether oxygens (including phenoxy) is 1. The van der Waals surface area contributed by atoms with Crippen molar-refractivity contribution in [2.24, 2.45) is 0 Å². The molecule has 2 unspecified atom stereocenters. The number of nitrogens with zero attached hydrogens (tertiary/aromatic N) is 1. The molecule has 0 radical (unpaired) electrons. The number of alkyl carbamates (subject to hydrolysis) is 1. The average molecular weight is 546 g/mol. The number of nitrogens with one attached hydrogen (secondary N) is 2. The van der Waals surface area contributed by atoms with Gasteiger partial charge in [-0.05, 0) is 67.8 Å². The lowest BCUT2D eigenvalue weighted by Crippen LogP contribution is -2.53. The average Bonchev–Trinajstić information content (AvgIpc) is 2.90. The van der Waals surface area contributed by atoms with Crippen LogP contribution in [0.3, 0.4) is 0 Å². The Bertz CT molecular complexity index is 1360. The van der Waals surface area contributed by atoms with Crippen molar-refractivity contribution in [3.8, 4) is 12.3 Å². The Balaban J connectivity index is 1.97. The Hall–Kier alpha value is -3.96. The molecule has 0 fully saturated rings. The standard InChI is InChI=1S/C31H35N3O4S/c1-6-18-34(29(36)26(20-39)33-30(37)38-31(3,4)5)27(23-14-12-21(7-2)13-15-23)28(35)32-25-17-16-22-10-8-9-11-24(22)19-25/h2,8-17,19,26-27,39H,6,18,20H2,1,3-5H3,(H,32,35)(H,33,37). The molecule has 0 bridgehead atoms. The van der Waals surface area contributed by atoms with Crippen LogP contribution in [0.1, 0.15) is 51.3 Å². The smallest absolute Gasteiger partial charge is 0.408 e. The predicted octanol–water partition coefficient (Wildman–Crippen LogP) is 5.56. The molecular weight excluding hydrogens is 510 g/mol. The third-order valence-electron chi connectivity index (χ3n) is 5.89. The number of hydrogen-bond acceptors (Lipinski definition) is 5. The van der Waals surface area contributed by atoms with Gasteiger partial charge < -0.3 is 20.3 Å². The van der Waals surface area contributed by atoms with Gasteiger partial charge in [-0.3, -0.25) is 9.59 Å². The molecule has 204 valence electrons. The number of benzene rings is 3. The highest BCUT2D eigenvalue weighted by molar-refractivity contribution is 7.80. The molecule has 0 aliphatic heterocycles. The molecule has 3 rings (SSSR count). The van der Waals surface area contributed by atoms with Crippen LogP contribution in [0.4, 0.5) is 10.5 Å². The molecule has 0 saturated heterocycles. The van der Waals surface area contributed by atoms with Gasteiger partial charge in [-0.15, -0.1) is 6.42 Å². The van der Waals surface area contributed by atoms with Crippen molar-refractivity contribution in [2.45, 2.75) is 51.8 Å². The Morgan fingerprint density at radius 2 is 1.69 bits per heavy atom. The molecule has 3 amide bonds. The van der Waals surface area contributed by atoms with E-state index in [0.717, 1.165) is 10.8 Å². The maximum Gasteiger partial charge on any atom is 0.408 e. The minimum atomic E-state index is -1.00. The summed E-state index contributed by atoms with van der Waals surface area (Å²) in [6.07, 6.45) is 5.38. The number of carbonyl (C=O) groups excluding carboxylic acids is 3. The van der Waals surface area contributed by atoms with Crippen molar-refractivity contribution in [3.63, 3.8) is 0 Å². The van der Waals surface area contributed by atoms with E-state index < -0.39 is 35.6 Å². The van der Waals surface area contributed by atoms with E-state index in [9.17, 15) is 14.4 Å². The fourth-order valence-corrected chi connectivity index (χ4v) is 4.40. The van der Waals surface area contributed by atoms with Crippen LogP contribution < -0.4 is 10.6 Å². The zero-order valence-corrected chi connectivity index (χ0v) is 23.6. The van der Waals surface area contributed by atoms with Gasteiger partial charge in [0.25, 0.3) is 5.91 Å². The second kappa shape index (κ2) is 13.2. The highest BCUT2D eigenvalue weighted by atomic mass is 32.1. The number of anilines is 1.